The van der Waals surface area contributed by atoms with E-state index >= 15 is 0 Å². The van der Waals surface area contributed by atoms with Crippen molar-refractivity contribution in [1.29, 1.82) is 0 Å². The number of aryl methyl sites for hydroxylation is 1. The number of hydrogen-bond acceptors (Lipinski definition) is 1. The summed E-state index contributed by atoms with van der Waals surface area (Å²) < 4.78 is 0. The predicted octanol–water partition coefficient (Wildman–Crippen LogP) is 4.99. The molecule has 2 nitrogen and oxygen atoms in total. The molecule has 0 saturated heterocycles. The van der Waals surface area contributed by atoms with E-state index in [2.05, 4.69) is 74.7 Å². The van der Waals surface area contributed by atoms with Crippen molar-refractivity contribution in [3.05, 3.63) is 65.2 Å². The van der Waals surface area contributed by atoms with Gasteiger partial charge in [-0.2, -0.15) is 0 Å². The molecule has 2 aromatic carbocycles. The van der Waals surface area contributed by atoms with Crippen molar-refractivity contribution < 1.29 is 0 Å². The maximum atomic E-state index is 5.51. The minimum Gasteiger partial charge on any atom is -0.355 e. The first-order chi connectivity index (χ1) is 10.5. The van der Waals surface area contributed by atoms with Crippen molar-refractivity contribution in [2.24, 2.45) is 5.92 Å². The Hall–Kier alpha value is -1.87. The fourth-order valence-electron chi connectivity index (χ4n) is 2.48. The predicted molar refractivity (Wildman–Crippen MR) is 99.3 cm³/mol. The zero-order chi connectivity index (χ0) is 16.1. The number of nitrogens with one attached hydrogen (secondary N) is 2. The Labute approximate surface area is 139 Å². The Morgan fingerprint density at radius 3 is 2.27 bits per heavy atom. The van der Waals surface area contributed by atoms with Gasteiger partial charge in [-0.15, -0.1) is 0 Å². The molecule has 0 aliphatic carbocycles. The van der Waals surface area contributed by atoms with Crippen LogP contribution in [0, 0.1) is 19.8 Å². The zero-order valence-electron chi connectivity index (χ0n) is 13.7. The Kier molecular flexibility index (Phi) is 5.56. The van der Waals surface area contributed by atoms with Crippen molar-refractivity contribution in [2.75, 3.05) is 5.32 Å². The molecule has 2 aromatic rings. The van der Waals surface area contributed by atoms with Gasteiger partial charge in [0, 0.05) is 5.69 Å². The zero-order valence-corrected chi connectivity index (χ0v) is 14.5. The summed E-state index contributed by atoms with van der Waals surface area (Å²) in [6, 6.07) is 16.8. The lowest BCUT2D eigenvalue weighted by Gasteiger charge is -2.25. The Balaban J connectivity index is 2.11. The van der Waals surface area contributed by atoms with Crippen LogP contribution in [0.4, 0.5) is 5.69 Å². The second kappa shape index (κ2) is 7.41. The van der Waals surface area contributed by atoms with Gasteiger partial charge in [-0.1, -0.05) is 56.3 Å². The topological polar surface area (TPSA) is 24.1 Å². The van der Waals surface area contributed by atoms with Gasteiger partial charge in [-0.3, -0.25) is 0 Å². The summed E-state index contributed by atoms with van der Waals surface area (Å²) in [4.78, 5) is 0. The molecule has 0 spiro atoms. The Morgan fingerprint density at radius 2 is 1.64 bits per heavy atom. The molecule has 0 bridgehead atoms. The summed E-state index contributed by atoms with van der Waals surface area (Å²) in [7, 11) is 0. The van der Waals surface area contributed by atoms with Crippen LogP contribution in [0.25, 0.3) is 0 Å². The van der Waals surface area contributed by atoms with Crippen LogP contribution in [0.2, 0.25) is 0 Å². The molecule has 0 fully saturated rings. The van der Waals surface area contributed by atoms with E-state index in [0.29, 0.717) is 11.0 Å². The van der Waals surface area contributed by atoms with Crippen LogP contribution in [0.15, 0.2) is 48.5 Å². The lowest BCUT2D eigenvalue weighted by atomic mass is 9.96. The van der Waals surface area contributed by atoms with Gasteiger partial charge in [-0.05, 0) is 54.7 Å². The molecule has 0 unspecified atom stereocenters. The highest BCUT2D eigenvalue weighted by molar-refractivity contribution is 7.80. The van der Waals surface area contributed by atoms with Crippen LogP contribution in [0.3, 0.4) is 0 Å². The van der Waals surface area contributed by atoms with E-state index in [9.17, 15) is 0 Å². The van der Waals surface area contributed by atoms with Gasteiger partial charge >= 0.3 is 0 Å². The van der Waals surface area contributed by atoms with E-state index in [1.165, 1.54) is 16.7 Å². The molecule has 0 saturated carbocycles. The van der Waals surface area contributed by atoms with Gasteiger partial charge < -0.3 is 10.6 Å². The molecular weight excluding hydrogens is 288 g/mol. The quantitative estimate of drug-likeness (QED) is 0.778. The van der Waals surface area contributed by atoms with Crippen molar-refractivity contribution >= 4 is 23.0 Å². The fourth-order valence-corrected chi connectivity index (χ4v) is 2.72. The molecule has 0 heterocycles. The highest BCUT2D eigenvalue weighted by Crippen LogP contribution is 2.22. The molecule has 3 heteroatoms. The fraction of sp³-hybridized carbons (Fsp3) is 0.316. The summed E-state index contributed by atoms with van der Waals surface area (Å²) in [6.07, 6.45) is 0. The molecule has 116 valence electrons. The first-order valence-corrected chi connectivity index (χ1v) is 8.08. The average Bonchev–Trinajstić information content (AvgIpc) is 2.50. The molecule has 0 amide bonds. The second-order valence-electron chi connectivity index (χ2n) is 5.98. The monoisotopic (exact) mass is 312 g/mol. The summed E-state index contributed by atoms with van der Waals surface area (Å²) in [5.41, 5.74) is 4.81. The molecule has 2 N–H and O–H groups in total. The van der Waals surface area contributed by atoms with E-state index in [1.54, 1.807) is 0 Å². The molecule has 0 aromatic heterocycles. The third-order valence-electron chi connectivity index (χ3n) is 3.96. The maximum Gasteiger partial charge on any atom is 0.171 e. The van der Waals surface area contributed by atoms with Gasteiger partial charge in [-0.25, -0.2) is 0 Å². The highest BCUT2D eigenvalue weighted by Gasteiger charge is 2.16. The third-order valence-corrected chi connectivity index (χ3v) is 4.18. The van der Waals surface area contributed by atoms with Crippen LogP contribution in [-0.4, -0.2) is 5.11 Å². The van der Waals surface area contributed by atoms with Crippen molar-refractivity contribution in [1.82, 2.24) is 5.32 Å². The molecule has 0 aliphatic rings. The van der Waals surface area contributed by atoms with Crippen LogP contribution in [0.5, 0.6) is 0 Å². The van der Waals surface area contributed by atoms with Crippen LogP contribution in [0.1, 0.15) is 36.6 Å². The Bertz CT molecular complexity index is 635. The van der Waals surface area contributed by atoms with E-state index in [4.69, 9.17) is 12.2 Å². The SMILES string of the molecule is Cc1cccc(NC(=S)N[C@@H](c2ccccc2)C(C)C)c1C. The normalized spacial score (nSPS) is 12.0. The number of benzene rings is 2. The highest BCUT2D eigenvalue weighted by atomic mass is 32.1. The van der Waals surface area contributed by atoms with Crippen LogP contribution >= 0.6 is 12.2 Å². The van der Waals surface area contributed by atoms with Crippen molar-refractivity contribution in [3.8, 4) is 0 Å². The molecular formula is C19H24N2S. The van der Waals surface area contributed by atoms with E-state index in [0.717, 1.165) is 5.69 Å². The molecule has 0 radical (unpaired) electrons. The summed E-state index contributed by atoms with van der Waals surface area (Å²) >= 11 is 5.51. The molecule has 1 atom stereocenters. The first kappa shape index (κ1) is 16.5. The Morgan fingerprint density at radius 1 is 0.955 bits per heavy atom. The largest absolute Gasteiger partial charge is 0.355 e. The third kappa shape index (κ3) is 4.08. The van der Waals surface area contributed by atoms with Gasteiger partial charge in [0.05, 0.1) is 6.04 Å². The van der Waals surface area contributed by atoms with Crippen LogP contribution < -0.4 is 10.6 Å². The van der Waals surface area contributed by atoms with Gasteiger partial charge in [0.1, 0.15) is 0 Å². The molecule has 2 rings (SSSR count). The van der Waals surface area contributed by atoms with E-state index in [-0.39, 0.29) is 6.04 Å². The smallest absolute Gasteiger partial charge is 0.171 e. The van der Waals surface area contributed by atoms with E-state index in [1.807, 2.05) is 12.1 Å². The van der Waals surface area contributed by atoms with Gasteiger partial charge in [0.15, 0.2) is 5.11 Å². The number of thiocarbonyl (C=S) groups is 1. The van der Waals surface area contributed by atoms with Gasteiger partial charge in [0.25, 0.3) is 0 Å². The van der Waals surface area contributed by atoms with Crippen LogP contribution in [-0.2, 0) is 0 Å². The molecule has 22 heavy (non-hydrogen) atoms. The lowest BCUT2D eigenvalue weighted by Crippen LogP contribution is -2.35. The standard InChI is InChI=1S/C19H24N2S/c1-13(2)18(16-10-6-5-7-11-16)21-19(22)20-17-12-8-9-14(3)15(17)4/h5-13,18H,1-4H3,(H2,20,21,22)/t18-/m1/s1. The minimum atomic E-state index is 0.200. The number of anilines is 1. The minimum absolute atomic E-state index is 0.200. The van der Waals surface area contributed by atoms with Gasteiger partial charge in [0.2, 0.25) is 0 Å². The number of rotatable bonds is 4. The van der Waals surface area contributed by atoms with E-state index < -0.39 is 0 Å². The first-order valence-electron chi connectivity index (χ1n) is 7.67. The molecule has 0 aliphatic heterocycles. The van der Waals surface area contributed by atoms with Crippen molar-refractivity contribution in [2.45, 2.75) is 33.7 Å². The average molecular weight is 312 g/mol. The lowest BCUT2D eigenvalue weighted by molar-refractivity contribution is 0.473. The second-order valence-corrected chi connectivity index (χ2v) is 6.39. The summed E-state index contributed by atoms with van der Waals surface area (Å²) in [5.74, 6) is 0.445. The maximum absolute atomic E-state index is 5.51. The number of hydrogen-bond donors (Lipinski definition) is 2. The summed E-state index contributed by atoms with van der Waals surface area (Å²) in [5, 5.41) is 7.44. The summed E-state index contributed by atoms with van der Waals surface area (Å²) in [6.45, 7) is 8.62. The van der Waals surface area contributed by atoms with Crippen molar-refractivity contribution in [3.63, 3.8) is 0 Å².